The van der Waals surface area contributed by atoms with E-state index in [-0.39, 0.29) is 5.91 Å². The molecule has 0 bridgehead atoms. The molecule has 0 atom stereocenters. The maximum absolute atomic E-state index is 12.3. The molecule has 0 aliphatic carbocycles. The Morgan fingerprint density at radius 3 is 2.90 bits per heavy atom. The lowest BCUT2D eigenvalue weighted by Gasteiger charge is -2.11. The van der Waals surface area contributed by atoms with Gasteiger partial charge in [0.05, 0.1) is 24.6 Å². The molecule has 0 saturated carbocycles. The van der Waals surface area contributed by atoms with Crippen molar-refractivity contribution in [3.8, 4) is 5.75 Å². The van der Waals surface area contributed by atoms with Gasteiger partial charge in [-0.15, -0.1) is 0 Å². The normalized spacial score (nSPS) is 10.8. The Morgan fingerprint density at radius 2 is 2.19 bits per heavy atom. The van der Waals surface area contributed by atoms with Crippen molar-refractivity contribution in [2.45, 2.75) is 6.92 Å². The zero-order valence-electron chi connectivity index (χ0n) is 11.5. The molecule has 0 unspecified atom stereocenters. The van der Waals surface area contributed by atoms with E-state index >= 15 is 0 Å². The molecule has 1 aromatic carbocycles. The van der Waals surface area contributed by atoms with E-state index in [1.807, 2.05) is 6.92 Å². The number of ether oxygens (including phenoxy) is 1. The van der Waals surface area contributed by atoms with Crippen molar-refractivity contribution in [3.05, 3.63) is 46.8 Å². The lowest BCUT2D eigenvalue weighted by atomic mass is 10.2. The average Bonchev–Trinajstić information content (AvgIpc) is 3.03. The number of halogens is 1. The van der Waals surface area contributed by atoms with Gasteiger partial charge in [-0.05, 0) is 18.6 Å². The van der Waals surface area contributed by atoms with Gasteiger partial charge in [-0.1, -0.05) is 11.6 Å². The van der Waals surface area contributed by atoms with Crippen LogP contribution in [0.4, 0.5) is 5.69 Å². The predicted octanol–water partition coefficient (Wildman–Crippen LogP) is 3.98. The Morgan fingerprint density at radius 1 is 1.38 bits per heavy atom. The molecule has 2 aromatic heterocycles. The highest BCUT2D eigenvalue weighted by Crippen LogP contribution is 2.31. The summed E-state index contributed by atoms with van der Waals surface area (Å²) in [6.45, 7) is 1.86. The molecule has 21 heavy (non-hydrogen) atoms. The number of aromatic amines is 1. The first-order chi connectivity index (χ1) is 10.1. The minimum atomic E-state index is -0.276. The first-order valence-electron chi connectivity index (χ1n) is 6.30. The molecule has 108 valence electrons. The second-order valence-corrected chi connectivity index (χ2v) is 5.04. The lowest BCUT2D eigenvalue weighted by Crippen LogP contribution is -2.13. The van der Waals surface area contributed by atoms with E-state index < -0.39 is 0 Å². The van der Waals surface area contributed by atoms with Crippen LogP contribution < -0.4 is 10.1 Å². The number of amides is 1. The summed E-state index contributed by atoms with van der Waals surface area (Å²) in [7, 11) is 1.53. The number of aryl methyl sites for hydroxylation is 1. The number of anilines is 1. The topological polar surface area (TPSA) is 67.3 Å². The third kappa shape index (κ3) is 2.48. The number of H-pyrrole nitrogens is 1. The standard InChI is InChI=1S/C15H13ClN2O3/c1-8-5-11(13(20-2)6-9(8)16)18-15(19)12-7-14-10(17-12)3-4-21-14/h3-7,17H,1-2H3,(H,18,19). The number of nitrogens with one attached hydrogen (secondary N) is 2. The number of hydrogen-bond donors (Lipinski definition) is 2. The predicted molar refractivity (Wildman–Crippen MR) is 81.3 cm³/mol. The number of hydrogen-bond acceptors (Lipinski definition) is 3. The van der Waals surface area contributed by atoms with E-state index in [9.17, 15) is 4.79 Å². The summed E-state index contributed by atoms with van der Waals surface area (Å²) < 4.78 is 10.5. The summed E-state index contributed by atoms with van der Waals surface area (Å²) in [5.74, 6) is 0.232. The zero-order chi connectivity index (χ0) is 15.0. The Kier molecular flexibility index (Phi) is 3.35. The van der Waals surface area contributed by atoms with Crippen molar-refractivity contribution in [2.24, 2.45) is 0 Å². The van der Waals surface area contributed by atoms with Gasteiger partial charge in [0, 0.05) is 23.2 Å². The highest BCUT2D eigenvalue weighted by atomic mass is 35.5. The van der Waals surface area contributed by atoms with E-state index in [1.165, 1.54) is 7.11 Å². The molecular weight excluding hydrogens is 292 g/mol. The van der Waals surface area contributed by atoms with E-state index in [1.54, 1.807) is 30.5 Å². The van der Waals surface area contributed by atoms with Crippen LogP contribution in [-0.2, 0) is 0 Å². The summed E-state index contributed by atoms with van der Waals surface area (Å²) in [5.41, 5.74) is 3.25. The second-order valence-electron chi connectivity index (χ2n) is 4.64. The van der Waals surface area contributed by atoms with Crippen LogP contribution in [0.25, 0.3) is 11.1 Å². The zero-order valence-corrected chi connectivity index (χ0v) is 12.2. The molecule has 3 rings (SSSR count). The summed E-state index contributed by atoms with van der Waals surface area (Å²) in [6, 6.07) is 6.86. The molecule has 0 saturated heterocycles. The molecule has 0 radical (unpaired) electrons. The number of aromatic nitrogens is 1. The summed E-state index contributed by atoms with van der Waals surface area (Å²) >= 11 is 6.05. The van der Waals surface area contributed by atoms with Gasteiger partial charge >= 0.3 is 0 Å². The first-order valence-corrected chi connectivity index (χ1v) is 6.68. The number of carbonyl (C=O) groups is 1. The minimum absolute atomic E-state index is 0.276. The average molecular weight is 305 g/mol. The van der Waals surface area contributed by atoms with Crippen molar-refractivity contribution in [2.75, 3.05) is 12.4 Å². The highest BCUT2D eigenvalue weighted by Gasteiger charge is 2.14. The fraction of sp³-hybridized carbons (Fsp3) is 0.133. The minimum Gasteiger partial charge on any atom is -0.495 e. The molecule has 2 heterocycles. The first kappa shape index (κ1) is 13.6. The highest BCUT2D eigenvalue weighted by molar-refractivity contribution is 6.31. The molecule has 0 aliphatic heterocycles. The fourth-order valence-electron chi connectivity index (χ4n) is 2.09. The number of benzene rings is 1. The molecule has 0 spiro atoms. The van der Waals surface area contributed by atoms with E-state index in [2.05, 4.69) is 10.3 Å². The molecule has 2 N–H and O–H groups in total. The monoisotopic (exact) mass is 304 g/mol. The Hall–Kier alpha value is -2.40. The van der Waals surface area contributed by atoms with Gasteiger partial charge in [-0.2, -0.15) is 0 Å². The number of carbonyl (C=O) groups excluding carboxylic acids is 1. The molecule has 0 fully saturated rings. The van der Waals surface area contributed by atoms with Crippen LogP contribution in [-0.4, -0.2) is 18.0 Å². The number of rotatable bonds is 3. The van der Waals surface area contributed by atoms with Crippen LogP contribution in [0.3, 0.4) is 0 Å². The van der Waals surface area contributed by atoms with Crippen LogP contribution in [0.1, 0.15) is 16.1 Å². The third-order valence-electron chi connectivity index (χ3n) is 3.21. The van der Waals surface area contributed by atoms with Crippen molar-refractivity contribution in [3.63, 3.8) is 0 Å². The van der Waals surface area contributed by atoms with Crippen LogP contribution in [0, 0.1) is 6.92 Å². The van der Waals surface area contributed by atoms with Crippen molar-refractivity contribution >= 4 is 34.3 Å². The molecule has 1 amide bonds. The SMILES string of the molecule is COc1cc(Cl)c(C)cc1NC(=O)c1cc2occc2[nH]1. The van der Waals surface area contributed by atoms with E-state index in [0.29, 0.717) is 27.7 Å². The summed E-state index contributed by atoms with van der Waals surface area (Å²) in [6.07, 6.45) is 1.56. The van der Waals surface area contributed by atoms with Gasteiger partial charge in [0.25, 0.3) is 5.91 Å². The quantitative estimate of drug-likeness (QED) is 0.769. The summed E-state index contributed by atoms with van der Waals surface area (Å²) in [4.78, 5) is 15.3. The number of methoxy groups -OCH3 is 1. The van der Waals surface area contributed by atoms with Gasteiger partial charge in [0.1, 0.15) is 11.4 Å². The van der Waals surface area contributed by atoms with Crippen LogP contribution in [0.15, 0.2) is 34.9 Å². The fourth-order valence-corrected chi connectivity index (χ4v) is 2.24. The molecule has 6 heteroatoms. The maximum Gasteiger partial charge on any atom is 0.272 e. The maximum atomic E-state index is 12.3. The Labute approximate surface area is 125 Å². The number of furan rings is 1. The Balaban J connectivity index is 1.90. The van der Waals surface area contributed by atoms with Crippen molar-refractivity contribution < 1.29 is 13.9 Å². The van der Waals surface area contributed by atoms with Gasteiger partial charge in [-0.25, -0.2) is 0 Å². The van der Waals surface area contributed by atoms with Crippen molar-refractivity contribution in [1.29, 1.82) is 0 Å². The number of fused-ring (bicyclic) bond motifs is 1. The van der Waals surface area contributed by atoms with Gasteiger partial charge < -0.3 is 19.5 Å². The largest absolute Gasteiger partial charge is 0.495 e. The van der Waals surface area contributed by atoms with Crippen molar-refractivity contribution in [1.82, 2.24) is 4.98 Å². The molecule has 3 aromatic rings. The van der Waals surface area contributed by atoms with Gasteiger partial charge in [0.2, 0.25) is 0 Å². The lowest BCUT2D eigenvalue weighted by molar-refractivity contribution is 0.102. The van der Waals surface area contributed by atoms with Crippen LogP contribution in [0.5, 0.6) is 5.75 Å². The van der Waals surface area contributed by atoms with Crippen LogP contribution in [0.2, 0.25) is 5.02 Å². The summed E-state index contributed by atoms with van der Waals surface area (Å²) in [5, 5.41) is 3.39. The van der Waals surface area contributed by atoms with Crippen LogP contribution >= 0.6 is 11.6 Å². The molecule has 0 aliphatic rings. The smallest absolute Gasteiger partial charge is 0.272 e. The molecule has 5 nitrogen and oxygen atoms in total. The molecular formula is C15H13ClN2O3. The second kappa shape index (κ2) is 5.18. The van der Waals surface area contributed by atoms with E-state index in [4.69, 9.17) is 20.8 Å². The van der Waals surface area contributed by atoms with Gasteiger partial charge in [0.15, 0.2) is 5.58 Å². The Bertz CT molecular complexity index is 791. The van der Waals surface area contributed by atoms with E-state index in [0.717, 1.165) is 11.1 Å². The third-order valence-corrected chi connectivity index (χ3v) is 3.62. The van der Waals surface area contributed by atoms with Gasteiger partial charge in [-0.3, -0.25) is 4.79 Å².